The highest BCUT2D eigenvalue weighted by Crippen LogP contribution is 2.26. The fourth-order valence-corrected chi connectivity index (χ4v) is 2.44. The van der Waals surface area contributed by atoms with Crippen LogP contribution >= 0.6 is 23.2 Å². The van der Waals surface area contributed by atoms with Gasteiger partial charge in [-0.25, -0.2) is 0 Å². The number of benzene rings is 2. The molecule has 0 aliphatic rings. The molecular weight excluding hydrogens is 265 g/mol. The van der Waals surface area contributed by atoms with Crippen molar-refractivity contribution < 1.29 is 0 Å². The van der Waals surface area contributed by atoms with Crippen LogP contribution in [-0.2, 0) is 6.42 Å². The molecule has 0 aliphatic carbocycles. The van der Waals surface area contributed by atoms with Gasteiger partial charge >= 0.3 is 0 Å². The third kappa shape index (κ3) is 3.26. The molecular formula is C15H15Cl2N. The Kier molecular flexibility index (Phi) is 4.65. The molecule has 0 saturated heterocycles. The molecule has 1 atom stereocenters. The first-order valence-corrected chi connectivity index (χ1v) is 6.65. The van der Waals surface area contributed by atoms with Crippen LogP contribution in [-0.4, -0.2) is 6.54 Å². The summed E-state index contributed by atoms with van der Waals surface area (Å²) in [5, 5.41) is 1.53. The van der Waals surface area contributed by atoms with E-state index in [0.29, 0.717) is 6.54 Å². The van der Waals surface area contributed by atoms with E-state index in [0.717, 1.165) is 27.6 Å². The number of halogens is 2. The van der Waals surface area contributed by atoms with Gasteiger partial charge in [0.1, 0.15) is 0 Å². The van der Waals surface area contributed by atoms with Gasteiger partial charge < -0.3 is 5.73 Å². The molecule has 0 radical (unpaired) electrons. The second-order valence-electron chi connectivity index (χ2n) is 4.28. The summed E-state index contributed by atoms with van der Waals surface area (Å²) in [6.45, 7) is 0.575. The summed E-state index contributed by atoms with van der Waals surface area (Å²) in [5.74, 6) is 0.239. The summed E-state index contributed by atoms with van der Waals surface area (Å²) >= 11 is 12.2. The molecule has 2 aromatic rings. The summed E-state index contributed by atoms with van der Waals surface area (Å²) in [4.78, 5) is 0. The third-order valence-corrected chi connectivity index (χ3v) is 3.63. The first-order valence-electron chi connectivity index (χ1n) is 5.89. The average molecular weight is 280 g/mol. The van der Waals surface area contributed by atoms with Crippen molar-refractivity contribution in [2.24, 2.45) is 5.73 Å². The van der Waals surface area contributed by atoms with E-state index in [2.05, 4.69) is 6.07 Å². The third-order valence-electron chi connectivity index (χ3n) is 3.03. The van der Waals surface area contributed by atoms with E-state index in [9.17, 15) is 0 Å². The van der Waals surface area contributed by atoms with Crippen molar-refractivity contribution in [2.75, 3.05) is 6.54 Å². The van der Waals surface area contributed by atoms with Crippen LogP contribution in [0.25, 0.3) is 0 Å². The zero-order valence-electron chi connectivity index (χ0n) is 9.94. The van der Waals surface area contributed by atoms with Gasteiger partial charge in [0.15, 0.2) is 0 Å². The molecule has 0 fully saturated rings. The second-order valence-corrected chi connectivity index (χ2v) is 5.13. The van der Waals surface area contributed by atoms with Gasteiger partial charge in [-0.05, 0) is 42.3 Å². The molecule has 1 unspecified atom stereocenters. The lowest BCUT2D eigenvalue weighted by atomic mass is 9.92. The Balaban J connectivity index is 2.23. The predicted octanol–water partition coefficient (Wildman–Crippen LogP) is 4.28. The Morgan fingerprint density at radius 3 is 2.44 bits per heavy atom. The van der Waals surface area contributed by atoms with Crippen molar-refractivity contribution in [3.8, 4) is 0 Å². The Morgan fingerprint density at radius 2 is 1.78 bits per heavy atom. The SMILES string of the molecule is NCC(Cc1ccccc1Cl)c1cccc(Cl)c1. The minimum atomic E-state index is 0.239. The van der Waals surface area contributed by atoms with Gasteiger partial charge in [-0.2, -0.15) is 0 Å². The van der Waals surface area contributed by atoms with E-state index >= 15 is 0 Å². The maximum absolute atomic E-state index is 6.18. The Bertz CT molecular complexity index is 525. The van der Waals surface area contributed by atoms with Gasteiger partial charge in [-0.1, -0.05) is 53.5 Å². The molecule has 2 rings (SSSR count). The Labute approximate surface area is 118 Å². The lowest BCUT2D eigenvalue weighted by Crippen LogP contribution is -2.15. The average Bonchev–Trinajstić information content (AvgIpc) is 2.38. The van der Waals surface area contributed by atoms with E-state index in [4.69, 9.17) is 28.9 Å². The second kappa shape index (κ2) is 6.24. The monoisotopic (exact) mass is 279 g/mol. The number of hydrogen-bond acceptors (Lipinski definition) is 1. The van der Waals surface area contributed by atoms with Gasteiger partial charge in [-0.15, -0.1) is 0 Å². The fourth-order valence-electron chi connectivity index (χ4n) is 2.03. The molecule has 0 aliphatic heterocycles. The van der Waals surface area contributed by atoms with Crippen LogP contribution in [0.2, 0.25) is 10.0 Å². The van der Waals surface area contributed by atoms with E-state index in [1.807, 2.05) is 42.5 Å². The molecule has 3 heteroatoms. The standard InChI is InChI=1S/C15H15Cl2N/c16-14-6-3-5-11(9-14)13(10-18)8-12-4-1-2-7-15(12)17/h1-7,9,13H,8,10,18H2. The molecule has 0 bridgehead atoms. The largest absolute Gasteiger partial charge is 0.330 e. The van der Waals surface area contributed by atoms with Gasteiger partial charge in [-0.3, -0.25) is 0 Å². The van der Waals surface area contributed by atoms with Gasteiger partial charge in [0.2, 0.25) is 0 Å². The highest BCUT2D eigenvalue weighted by Gasteiger charge is 2.12. The fraction of sp³-hybridized carbons (Fsp3) is 0.200. The normalized spacial score (nSPS) is 12.4. The highest BCUT2D eigenvalue weighted by atomic mass is 35.5. The lowest BCUT2D eigenvalue weighted by molar-refractivity contribution is 0.694. The van der Waals surface area contributed by atoms with Crippen LogP contribution in [0.3, 0.4) is 0 Å². The smallest absolute Gasteiger partial charge is 0.0438 e. The maximum atomic E-state index is 6.18. The zero-order valence-corrected chi connectivity index (χ0v) is 11.5. The van der Waals surface area contributed by atoms with E-state index in [-0.39, 0.29) is 5.92 Å². The van der Waals surface area contributed by atoms with Crippen LogP contribution in [0.1, 0.15) is 17.0 Å². The Morgan fingerprint density at radius 1 is 1.00 bits per heavy atom. The van der Waals surface area contributed by atoms with Crippen LogP contribution in [0.5, 0.6) is 0 Å². The minimum absolute atomic E-state index is 0.239. The van der Waals surface area contributed by atoms with E-state index < -0.39 is 0 Å². The first kappa shape index (κ1) is 13.4. The topological polar surface area (TPSA) is 26.0 Å². The lowest BCUT2D eigenvalue weighted by Gasteiger charge is -2.16. The molecule has 0 amide bonds. The molecule has 1 nitrogen and oxygen atoms in total. The summed E-state index contributed by atoms with van der Waals surface area (Å²) in [6, 6.07) is 15.7. The minimum Gasteiger partial charge on any atom is -0.330 e. The van der Waals surface area contributed by atoms with Gasteiger partial charge in [0.25, 0.3) is 0 Å². The summed E-state index contributed by atoms with van der Waals surface area (Å²) < 4.78 is 0. The maximum Gasteiger partial charge on any atom is 0.0438 e. The molecule has 18 heavy (non-hydrogen) atoms. The first-order chi connectivity index (χ1) is 8.70. The summed E-state index contributed by atoms with van der Waals surface area (Å²) in [6.07, 6.45) is 0.830. The summed E-state index contributed by atoms with van der Waals surface area (Å²) in [7, 11) is 0. The van der Waals surface area contributed by atoms with Crippen molar-refractivity contribution in [3.63, 3.8) is 0 Å². The summed E-state index contributed by atoms with van der Waals surface area (Å²) in [5.41, 5.74) is 8.14. The van der Waals surface area contributed by atoms with Crippen molar-refractivity contribution in [1.29, 1.82) is 0 Å². The van der Waals surface area contributed by atoms with Crippen molar-refractivity contribution in [2.45, 2.75) is 12.3 Å². The molecule has 0 spiro atoms. The number of rotatable bonds is 4. The van der Waals surface area contributed by atoms with Gasteiger partial charge in [0.05, 0.1) is 0 Å². The number of hydrogen-bond donors (Lipinski definition) is 1. The zero-order chi connectivity index (χ0) is 13.0. The Hall–Kier alpha value is -1.02. The quantitative estimate of drug-likeness (QED) is 0.888. The van der Waals surface area contributed by atoms with Crippen LogP contribution in [0.4, 0.5) is 0 Å². The molecule has 2 aromatic carbocycles. The van der Waals surface area contributed by atoms with E-state index in [1.165, 1.54) is 0 Å². The molecule has 0 saturated carbocycles. The highest BCUT2D eigenvalue weighted by molar-refractivity contribution is 6.31. The van der Waals surface area contributed by atoms with Crippen LogP contribution < -0.4 is 5.73 Å². The van der Waals surface area contributed by atoms with Crippen LogP contribution in [0, 0.1) is 0 Å². The van der Waals surface area contributed by atoms with Crippen molar-refractivity contribution in [1.82, 2.24) is 0 Å². The molecule has 0 aromatic heterocycles. The van der Waals surface area contributed by atoms with E-state index in [1.54, 1.807) is 0 Å². The van der Waals surface area contributed by atoms with Crippen molar-refractivity contribution >= 4 is 23.2 Å². The van der Waals surface area contributed by atoms with Crippen molar-refractivity contribution in [3.05, 3.63) is 69.7 Å². The molecule has 0 heterocycles. The van der Waals surface area contributed by atoms with Gasteiger partial charge in [0, 0.05) is 16.0 Å². The van der Waals surface area contributed by atoms with Crippen LogP contribution in [0.15, 0.2) is 48.5 Å². The number of nitrogens with two attached hydrogens (primary N) is 1. The predicted molar refractivity (Wildman–Crippen MR) is 78.4 cm³/mol. The molecule has 94 valence electrons. The molecule has 2 N–H and O–H groups in total.